The first-order chi connectivity index (χ1) is 13.8. The fourth-order valence-electron chi connectivity index (χ4n) is 2.65. The molecule has 0 radical (unpaired) electrons. The Bertz CT molecular complexity index is 797. The van der Waals surface area contributed by atoms with Gasteiger partial charge in [0.05, 0.1) is 13.2 Å². The number of amides is 2. The number of nitrogens with one attached hydrogen (secondary N) is 1. The fourth-order valence-corrected chi connectivity index (χ4v) is 2.65. The van der Waals surface area contributed by atoms with Crippen molar-refractivity contribution >= 4 is 11.8 Å². The van der Waals surface area contributed by atoms with Crippen molar-refractivity contribution in [1.82, 2.24) is 15.2 Å². The number of hydrogen-bond acceptors (Lipinski definition) is 5. The van der Waals surface area contributed by atoms with Crippen molar-refractivity contribution in [2.45, 2.75) is 66.1 Å². The third-order valence-corrected chi connectivity index (χ3v) is 4.26. The number of aromatic nitrogens is 1. The predicted molar refractivity (Wildman–Crippen MR) is 111 cm³/mol. The van der Waals surface area contributed by atoms with E-state index in [1.54, 1.807) is 29.2 Å². The number of ether oxygens (including phenoxy) is 1. The van der Waals surface area contributed by atoms with Gasteiger partial charge in [-0.2, -0.15) is 0 Å². The van der Waals surface area contributed by atoms with E-state index in [0.717, 1.165) is 18.6 Å². The Morgan fingerprint density at radius 2 is 1.86 bits per heavy atom. The highest BCUT2D eigenvalue weighted by Crippen LogP contribution is 2.17. The van der Waals surface area contributed by atoms with Crippen LogP contribution < -0.4 is 10.1 Å². The molecule has 0 spiro atoms. The Hall–Kier alpha value is -2.83. The summed E-state index contributed by atoms with van der Waals surface area (Å²) in [5.41, 5.74) is 0.768. The van der Waals surface area contributed by atoms with Gasteiger partial charge in [0.1, 0.15) is 12.0 Å². The molecule has 1 aromatic carbocycles. The lowest BCUT2D eigenvalue weighted by Crippen LogP contribution is -2.36. The molecule has 2 amide bonds. The zero-order valence-corrected chi connectivity index (χ0v) is 17.9. The second-order valence-electron chi connectivity index (χ2n) is 7.51. The maximum absolute atomic E-state index is 13.0. The molecular weight excluding hydrogens is 370 g/mol. The molecule has 0 atom stereocenters. The lowest BCUT2D eigenvalue weighted by atomic mass is 10.1. The summed E-state index contributed by atoms with van der Waals surface area (Å²) in [6.07, 6.45) is 3.38. The van der Waals surface area contributed by atoms with Crippen molar-refractivity contribution in [3.05, 3.63) is 47.7 Å². The third-order valence-electron chi connectivity index (χ3n) is 4.26. The summed E-state index contributed by atoms with van der Waals surface area (Å²) in [4.78, 5) is 30.9. The molecule has 0 unspecified atom stereocenters. The molecule has 0 saturated carbocycles. The predicted octanol–water partition coefficient (Wildman–Crippen LogP) is 4.04. The minimum atomic E-state index is -0.295. The van der Waals surface area contributed by atoms with Crippen LogP contribution >= 0.6 is 0 Å². The summed E-state index contributed by atoms with van der Waals surface area (Å²) >= 11 is 0. The molecule has 7 heteroatoms. The highest BCUT2D eigenvalue weighted by atomic mass is 16.5. The summed E-state index contributed by atoms with van der Waals surface area (Å²) in [5.74, 6) is 0.641. The molecule has 2 rings (SSSR count). The molecule has 1 N–H and O–H groups in total. The smallest absolute Gasteiger partial charge is 0.273 e. The molecule has 1 heterocycles. The summed E-state index contributed by atoms with van der Waals surface area (Å²) in [7, 11) is 0. The van der Waals surface area contributed by atoms with E-state index in [9.17, 15) is 9.59 Å². The van der Waals surface area contributed by atoms with Crippen LogP contribution in [0.3, 0.4) is 0 Å². The molecule has 158 valence electrons. The minimum Gasteiger partial charge on any atom is -0.494 e. The van der Waals surface area contributed by atoms with E-state index in [1.165, 1.54) is 6.26 Å². The fraction of sp³-hybridized carbons (Fsp3) is 0.500. The molecule has 7 nitrogen and oxygen atoms in total. The molecule has 0 aliphatic rings. The monoisotopic (exact) mass is 401 g/mol. The average Bonchev–Trinajstić information content (AvgIpc) is 3.14. The zero-order chi connectivity index (χ0) is 21.4. The van der Waals surface area contributed by atoms with Crippen LogP contribution in [0.1, 0.15) is 74.2 Å². The lowest BCUT2D eigenvalue weighted by Gasteiger charge is -2.25. The summed E-state index contributed by atoms with van der Waals surface area (Å²) in [6.45, 7) is 10.6. The van der Waals surface area contributed by atoms with Crippen LogP contribution in [0.5, 0.6) is 5.75 Å². The molecule has 0 aliphatic heterocycles. The van der Waals surface area contributed by atoms with Gasteiger partial charge in [-0.1, -0.05) is 13.3 Å². The van der Waals surface area contributed by atoms with Crippen LogP contribution in [0.25, 0.3) is 0 Å². The van der Waals surface area contributed by atoms with Crippen molar-refractivity contribution in [2.24, 2.45) is 0 Å². The number of nitrogens with zero attached hydrogens (tertiary/aromatic N) is 2. The Labute approximate surface area is 172 Å². The largest absolute Gasteiger partial charge is 0.494 e. The number of unbranched alkanes of at least 4 members (excludes halogenated alkanes) is 1. The SMILES string of the molecule is CCCCOc1ccc(C(=O)N(Cc2nc(C(=O)NC(C)C)co2)C(C)C)cc1. The molecule has 29 heavy (non-hydrogen) atoms. The topological polar surface area (TPSA) is 84.7 Å². The van der Waals surface area contributed by atoms with Crippen LogP contribution in [-0.4, -0.2) is 40.4 Å². The molecule has 2 aromatic rings. The van der Waals surface area contributed by atoms with Gasteiger partial charge in [0, 0.05) is 17.6 Å². The van der Waals surface area contributed by atoms with E-state index >= 15 is 0 Å². The van der Waals surface area contributed by atoms with Gasteiger partial charge in [-0.25, -0.2) is 4.98 Å². The Morgan fingerprint density at radius 3 is 2.45 bits per heavy atom. The molecule has 0 bridgehead atoms. The van der Waals surface area contributed by atoms with E-state index in [2.05, 4.69) is 17.2 Å². The maximum Gasteiger partial charge on any atom is 0.273 e. The molecule has 0 aliphatic carbocycles. The Kier molecular flexibility index (Phi) is 8.24. The first-order valence-corrected chi connectivity index (χ1v) is 10.1. The highest BCUT2D eigenvalue weighted by Gasteiger charge is 2.22. The van der Waals surface area contributed by atoms with Crippen molar-refractivity contribution in [3.63, 3.8) is 0 Å². The quantitative estimate of drug-likeness (QED) is 0.607. The van der Waals surface area contributed by atoms with Crippen molar-refractivity contribution < 1.29 is 18.7 Å². The van der Waals surface area contributed by atoms with Gasteiger partial charge in [-0.05, 0) is 58.4 Å². The normalized spacial score (nSPS) is 11.0. The maximum atomic E-state index is 13.0. The third kappa shape index (κ3) is 6.62. The number of carbonyl (C=O) groups is 2. The lowest BCUT2D eigenvalue weighted by molar-refractivity contribution is 0.0672. The molecule has 0 saturated heterocycles. The van der Waals surface area contributed by atoms with Crippen LogP contribution in [0.15, 0.2) is 34.9 Å². The van der Waals surface area contributed by atoms with Crippen LogP contribution in [-0.2, 0) is 6.54 Å². The average molecular weight is 402 g/mol. The van der Waals surface area contributed by atoms with Gasteiger partial charge in [0.15, 0.2) is 5.69 Å². The van der Waals surface area contributed by atoms with Crippen LogP contribution in [0.4, 0.5) is 0 Å². The first kappa shape index (κ1) is 22.5. The van der Waals surface area contributed by atoms with E-state index in [-0.39, 0.29) is 36.1 Å². The van der Waals surface area contributed by atoms with Crippen molar-refractivity contribution in [2.75, 3.05) is 6.61 Å². The number of oxazole rings is 1. The molecule has 0 fully saturated rings. The summed E-state index contributed by atoms with van der Waals surface area (Å²) in [6, 6.07) is 7.07. The summed E-state index contributed by atoms with van der Waals surface area (Å²) < 4.78 is 11.1. The van der Waals surface area contributed by atoms with Crippen molar-refractivity contribution in [3.8, 4) is 5.75 Å². The van der Waals surface area contributed by atoms with Gasteiger partial charge in [-0.3, -0.25) is 9.59 Å². The van der Waals surface area contributed by atoms with Gasteiger partial charge in [-0.15, -0.1) is 0 Å². The number of rotatable bonds is 10. The number of hydrogen-bond donors (Lipinski definition) is 1. The minimum absolute atomic E-state index is 0.00492. The molecule has 1 aromatic heterocycles. The van der Waals surface area contributed by atoms with E-state index in [0.29, 0.717) is 18.1 Å². The second-order valence-corrected chi connectivity index (χ2v) is 7.51. The van der Waals surface area contributed by atoms with Crippen LogP contribution in [0, 0.1) is 0 Å². The van der Waals surface area contributed by atoms with Gasteiger partial charge >= 0.3 is 0 Å². The number of carbonyl (C=O) groups excluding carboxylic acids is 2. The molecular formula is C22H31N3O4. The van der Waals surface area contributed by atoms with Gasteiger partial charge in [0.2, 0.25) is 5.89 Å². The Morgan fingerprint density at radius 1 is 1.17 bits per heavy atom. The highest BCUT2D eigenvalue weighted by molar-refractivity contribution is 5.94. The van der Waals surface area contributed by atoms with E-state index in [1.807, 2.05) is 27.7 Å². The number of benzene rings is 1. The summed E-state index contributed by atoms with van der Waals surface area (Å²) in [5, 5.41) is 2.77. The van der Waals surface area contributed by atoms with E-state index < -0.39 is 0 Å². The second kappa shape index (κ2) is 10.6. The zero-order valence-electron chi connectivity index (χ0n) is 17.9. The van der Waals surface area contributed by atoms with Gasteiger partial charge in [0.25, 0.3) is 11.8 Å². The van der Waals surface area contributed by atoms with E-state index in [4.69, 9.17) is 9.15 Å². The standard InChI is InChI=1S/C22H31N3O4/c1-6-7-12-28-18-10-8-17(9-11-18)22(27)25(16(4)5)13-20-24-19(14-29-20)21(26)23-15(2)3/h8-11,14-16H,6-7,12-13H2,1-5H3,(H,23,26). The van der Waals surface area contributed by atoms with Gasteiger partial charge < -0.3 is 19.4 Å². The van der Waals surface area contributed by atoms with Crippen LogP contribution in [0.2, 0.25) is 0 Å². The first-order valence-electron chi connectivity index (χ1n) is 10.1. The van der Waals surface area contributed by atoms with Crippen molar-refractivity contribution in [1.29, 1.82) is 0 Å². The Balaban J connectivity index is 2.06.